The van der Waals surface area contributed by atoms with Gasteiger partial charge in [0, 0.05) is 17.5 Å². The summed E-state index contributed by atoms with van der Waals surface area (Å²) < 4.78 is 30.2. The van der Waals surface area contributed by atoms with E-state index in [1.807, 2.05) is 30.3 Å². The molecule has 0 amide bonds. The molecule has 0 unspecified atom stereocenters. The molecule has 2 rings (SSSR count). The SMILES string of the molecule is C=N/C(C(=S)N[C@@H](C)C(=O)O[C@@H](C)[C@@H](c1ccccc1)c1ccc(F)cc1OC)=C(O)\C(=C/C)OC. The number of nitrogens with one attached hydrogen (secondary N) is 1. The minimum atomic E-state index is -0.882. The van der Waals surface area contributed by atoms with Gasteiger partial charge in [0.05, 0.1) is 14.2 Å². The molecule has 7 nitrogen and oxygen atoms in total. The van der Waals surface area contributed by atoms with Gasteiger partial charge in [-0.2, -0.15) is 0 Å². The molecule has 0 radical (unpaired) electrons. The summed E-state index contributed by atoms with van der Waals surface area (Å²) in [6.45, 7) is 8.43. The van der Waals surface area contributed by atoms with Gasteiger partial charge in [0.15, 0.2) is 11.5 Å². The lowest BCUT2D eigenvalue weighted by atomic mass is 9.86. The van der Waals surface area contributed by atoms with Crippen molar-refractivity contribution in [3.8, 4) is 5.75 Å². The molecule has 0 aromatic heterocycles. The van der Waals surface area contributed by atoms with Gasteiger partial charge in [-0.3, -0.25) is 4.99 Å². The summed E-state index contributed by atoms with van der Waals surface area (Å²) in [4.78, 5) is 16.8. The van der Waals surface area contributed by atoms with Crippen molar-refractivity contribution in [1.29, 1.82) is 0 Å². The zero-order valence-corrected chi connectivity index (χ0v) is 21.8. The number of ether oxygens (including phenoxy) is 3. The number of rotatable bonds is 11. The maximum Gasteiger partial charge on any atom is 0.328 e. The Bertz CT molecular complexity index is 1150. The minimum Gasteiger partial charge on any atom is -0.503 e. The first-order chi connectivity index (χ1) is 17.2. The first-order valence-corrected chi connectivity index (χ1v) is 11.6. The average Bonchev–Trinajstić information content (AvgIpc) is 2.86. The number of aliphatic imine (C=N–C) groups is 1. The number of aliphatic hydroxyl groups excluding tert-OH is 1. The molecule has 0 aliphatic rings. The molecule has 0 spiro atoms. The molecule has 3 atom stereocenters. The highest BCUT2D eigenvalue weighted by Gasteiger charge is 2.29. The smallest absolute Gasteiger partial charge is 0.328 e. The van der Waals surface area contributed by atoms with Crippen LogP contribution in [0.1, 0.15) is 37.8 Å². The third kappa shape index (κ3) is 6.91. The van der Waals surface area contributed by atoms with Crippen LogP contribution in [0.4, 0.5) is 4.39 Å². The highest BCUT2D eigenvalue weighted by atomic mass is 32.1. The normalized spacial score (nSPS) is 14.6. The van der Waals surface area contributed by atoms with E-state index in [9.17, 15) is 14.3 Å². The molecule has 2 aromatic rings. The lowest BCUT2D eigenvalue weighted by molar-refractivity contribution is -0.150. The Labute approximate surface area is 216 Å². The van der Waals surface area contributed by atoms with Gasteiger partial charge in [-0.25, -0.2) is 9.18 Å². The fourth-order valence-corrected chi connectivity index (χ4v) is 4.04. The predicted molar refractivity (Wildman–Crippen MR) is 142 cm³/mol. The summed E-state index contributed by atoms with van der Waals surface area (Å²) in [5, 5.41) is 13.2. The second-order valence-corrected chi connectivity index (χ2v) is 8.23. The first kappa shape index (κ1) is 28.5. The van der Waals surface area contributed by atoms with Gasteiger partial charge < -0.3 is 24.6 Å². The predicted octanol–water partition coefficient (Wildman–Crippen LogP) is 5.22. The number of carbonyl (C=O) groups is 1. The van der Waals surface area contributed by atoms with Crippen LogP contribution in [0.2, 0.25) is 0 Å². The van der Waals surface area contributed by atoms with Crippen LogP contribution < -0.4 is 10.1 Å². The van der Waals surface area contributed by atoms with E-state index in [1.165, 1.54) is 32.4 Å². The largest absolute Gasteiger partial charge is 0.503 e. The Morgan fingerprint density at radius 2 is 1.86 bits per heavy atom. The maximum atomic E-state index is 13.9. The van der Waals surface area contributed by atoms with Crippen molar-refractivity contribution in [1.82, 2.24) is 5.32 Å². The van der Waals surface area contributed by atoms with Crippen molar-refractivity contribution in [2.75, 3.05) is 14.2 Å². The number of hydrogen-bond acceptors (Lipinski definition) is 7. The highest BCUT2D eigenvalue weighted by molar-refractivity contribution is 7.80. The van der Waals surface area contributed by atoms with E-state index in [0.29, 0.717) is 11.3 Å². The summed E-state index contributed by atoms with van der Waals surface area (Å²) in [5.74, 6) is -1.26. The Morgan fingerprint density at radius 3 is 2.42 bits per heavy atom. The number of benzene rings is 2. The van der Waals surface area contributed by atoms with Gasteiger partial charge >= 0.3 is 5.97 Å². The molecule has 192 valence electrons. The van der Waals surface area contributed by atoms with Crippen molar-refractivity contribution in [3.63, 3.8) is 0 Å². The molecule has 0 saturated heterocycles. The lowest BCUT2D eigenvalue weighted by Gasteiger charge is -2.28. The standard InChI is InChI=1S/C27H31FN2O5S/c1-7-21(33-5)25(31)24(29-4)26(36)30-16(2)27(32)35-17(3)23(18-11-9-8-10-12-18)20-14-13-19(28)15-22(20)34-6/h7-17,23,31H,4H2,1-3,5-6H3,(H,30,36)/b21-7+,25-24+/t16-,17-,23-/m0/s1. The number of hydrogen-bond donors (Lipinski definition) is 2. The Kier molecular flexibility index (Phi) is 10.6. The summed E-state index contributed by atoms with van der Waals surface area (Å²) in [6.07, 6.45) is 0.886. The number of halogens is 1. The molecule has 0 heterocycles. The second kappa shape index (κ2) is 13.4. The zero-order chi connectivity index (χ0) is 26.8. The summed E-state index contributed by atoms with van der Waals surface area (Å²) in [6, 6.07) is 12.8. The number of aliphatic hydroxyl groups is 1. The van der Waals surface area contributed by atoms with Crippen molar-refractivity contribution in [2.24, 2.45) is 4.99 Å². The van der Waals surface area contributed by atoms with Gasteiger partial charge in [-0.1, -0.05) is 48.6 Å². The third-order valence-corrected chi connectivity index (χ3v) is 5.79. The summed E-state index contributed by atoms with van der Waals surface area (Å²) >= 11 is 5.32. The Balaban J connectivity index is 2.28. The van der Waals surface area contributed by atoms with Crippen LogP contribution in [-0.4, -0.2) is 49.1 Å². The summed E-state index contributed by atoms with van der Waals surface area (Å²) in [7, 11) is 2.85. The van der Waals surface area contributed by atoms with E-state index < -0.39 is 29.9 Å². The topological polar surface area (TPSA) is 89.4 Å². The van der Waals surface area contributed by atoms with Gasteiger partial charge in [-0.15, -0.1) is 0 Å². The fraction of sp³-hybridized carbons (Fsp3) is 0.296. The molecule has 9 heteroatoms. The Morgan fingerprint density at radius 1 is 1.19 bits per heavy atom. The van der Waals surface area contributed by atoms with E-state index in [-0.39, 0.29) is 22.2 Å². The number of allylic oxidation sites excluding steroid dienone is 1. The van der Waals surface area contributed by atoms with Crippen molar-refractivity contribution < 1.29 is 28.5 Å². The number of esters is 1. The van der Waals surface area contributed by atoms with Gasteiger partial charge in [0.25, 0.3) is 0 Å². The van der Waals surface area contributed by atoms with Gasteiger partial charge in [0.2, 0.25) is 0 Å². The van der Waals surface area contributed by atoms with E-state index in [0.717, 1.165) is 5.56 Å². The van der Waals surface area contributed by atoms with E-state index in [2.05, 4.69) is 17.0 Å². The monoisotopic (exact) mass is 514 g/mol. The van der Waals surface area contributed by atoms with Crippen LogP contribution in [0, 0.1) is 5.82 Å². The molecule has 0 aliphatic carbocycles. The van der Waals surface area contributed by atoms with Crippen LogP contribution in [0.25, 0.3) is 0 Å². The van der Waals surface area contributed by atoms with Crippen LogP contribution in [0.3, 0.4) is 0 Å². The van der Waals surface area contributed by atoms with E-state index in [1.54, 1.807) is 26.8 Å². The molecule has 0 fully saturated rings. The van der Waals surface area contributed by atoms with Gasteiger partial charge in [-0.05, 0) is 45.2 Å². The van der Waals surface area contributed by atoms with Crippen LogP contribution in [-0.2, 0) is 14.3 Å². The van der Waals surface area contributed by atoms with Crippen LogP contribution in [0.15, 0.2) is 76.8 Å². The van der Waals surface area contributed by atoms with Crippen LogP contribution in [0.5, 0.6) is 5.75 Å². The van der Waals surface area contributed by atoms with Crippen molar-refractivity contribution in [2.45, 2.75) is 38.8 Å². The van der Waals surface area contributed by atoms with Crippen molar-refractivity contribution in [3.05, 3.63) is 88.8 Å². The number of thiocarbonyl (C=S) groups is 1. The molecular formula is C27H31FN2O5S. The molecule has 2 aromatic carbocycles. The second-order valence-electron chi connectivity index (χ2n) is 7.82. The highest BCUT2D eigenvalue weighted by Crippen LogP contribution is 2.36. The van der Waals surface area contributed by atoms with Crippen LogP contribution >= 0.6 is 12.2 Å². The maximum absolute atomic E-state index is 13.9. The lowest BCUT2D eigenvalue weighted by Crippen LogP contribution is -2.41. The van der Waals surface area contributed by atoms with Gasteiger partial charge in [0.1, 0.15) is 34.4 Å². The molecule has 0 aliphatic heterocycles. The van der Waals surface area contributed by atoms with E-state index >= 15 is 0 Å². The first-order valence-electron chi connectivity index (χ1n) is 11.2. The molecule has 2 N–H and O–H groups in total. The minimum absolute atomic E-state index is 0.00387. The number of methoxy groups -OCH3 is 2. The molecule has 0 bridgehead atoms. The molecule has 36 heavy (non-hydrogen) atoms. The zero-order valence-electron chi connectivity index (χ0n) is 20.9. The molecule has 0 saturated carbocycles. The Hall–Kier alpha value is -3.72. The number of carbonyl (C=O) groups excluding carboxylic acids is 1. The molecular weight excluding hydrogens is 483 g/mol. The van der Waals surface area contributed by atoms with E-state index in [4.69, 9.17) is 26.4 Å². The fourth-order valence-electron chi connectivity index (χ4n) is 3.71. The average molecular weight is 515 g/mol. The summed E-state index contributed by atoms with van der Waals surface area (Å²) in [5.41, 5.74) is 1.50. The number of nitrogens with zero attached hydrogens (tertiary/aromatic N) is 1. The van der Waals surface area contributed by atoms with Crippen molar-refractivity contribution >= 4 is 29.9 Å². The third-order valence-electron chi connectivity index (χ3n) is 5.47. The quantitative estimate of drug-likeness (QED) is 0.106.